The van der Waals surface area contributed by atoms with Crippen LogP contribution in [0, 0.1) is 5.82 Å². The van der Waals surface area contributed by atoms with Crippen LogP contribution in [0.15, 0.2) is 46.7 Å². The number of ether oxygens (including phenoxy) is 2. The fourth-order valence-corrected chi connectivity index (χ4v) is 6.02. The molecule has 32 heavy (non-hydrogen) atoms. The van der Waals surface area contributed by atoms with Crippen LogP contribution in [0.25, 0.3) is 11.3 Å². The van der Waals surface area contributed by atoms with Gasteiger partial charge in [0.1, 0.15) is 17.3 Å². The van der Waals surface area contributed by atoms with Crippen molar-refractivity contribution < 1.29 is 22.3 Å². The van der Waals surface area contributed by atoms with Crippen LogP contribution in [0.4, 0.5) is 9.52 Å². The van der Waals surface area contributed by atoms with E-state index in [1.54, 1.807) is 20.3 Å². The number of halogens is 2. The molecule has 3 aromatic rings. The number of aromatic nitrogens is 1. The predicted molar refractivity (Wildman–Crippen MR) is 123 cm³/mol. The van der Waals surface area contributed by atoms with E-state index in [1.807, 2.05) is 22.4 Å². The summed E-state index contributed by atoms with van der Waals surface area (Å²) in [5.74, 6) is 0.708. The van der Waals surface area contributed by atoms with Gasteiger partial charge in [0.05, 0.1) is 29.8 Å². The third-order valence-electron chi connectivity index (χ3n) is 5.21. The minimum Gasteiger partial charge on any atom is -0.497 e. The van der Waals surface area contributed by atoms with Crippen molar-refractivity contribution >= 4 is 38.1 Å². The SMILES string of the molecule is COc1ccc(-c2csc(N3CCN(S(=O)(=O)c4ccc(F)c(Cl)c4)CC3)n2)c(OC)c1. The van der Waals surface area contributed by atoms with Crippen molar-refractivity contribution in [3.8, 4) is 22.8 Å². The van der Waals surface area contributed by atoms with E-state index < -0.39 is 15.8 Å². The number of thiazole rings is 1. The molecule has 0 atom stereocenters. The summed E-state index contributed by atoms with van der Waals surface area (Å²) >= 11 is 7.25. The zero-order valence-corrected chi connectivity index (χ0v) is 19.8. The Morgan fingerprint density at radius 2 is 1.81 bits per heavy atom. The molecule has 2 heterocycles. The first-order valence-corrected chi connectivity index (χ1v) is 12.4. The van der Waals surface area contributed by atoms with Crippen molar-refractivity contribution in [3.05, 3.63) is 52.6 Å². The Labute approximate surface area is 195 Å². The smallest absolute Gasteiger partial charge is 0.243 e. The number of hydrogen-bond donors (Lipinski definition) is 0. The molecule has 1 fully saturated rings. The molecule has 2 aromatic carbocycles. The van der Waals surface area contributed by atoms with Gasteiger partial charge in [-0.2, -0.15) is 4.31 Å². The summed E-state index contributed by atoms with van der Waals surface area (Å²) in [5, 5.41) is 2.54. The van der Waals surface area contributed by atoms with Crippen LogP contribution < -0.4 is 14.4 Å². The highest BCUT2D eigenvalue weighted by atomic mass is 35.5. The molecule has 11 heteroatoms. The Bertz CT molecular complexity index is 1230. The largest absolute Gasteiger partial charge is 0.497 e. The molecule has 0 amide bonds. The van der Waals surface area contributed by atoms with Gasteiger partial charge < -0.3 is 14.4 Å². The van der Waals surface area contributed by atoms with Gasteiger partial charge in [-0.1, -0.05) is 11.6 Å². The number of rotatable bonds is 6. The average molecular weight is 498 g/mol. The maximum absolute atomic E-state index is 13.4. The van der Waals surface area contributed by atoms with E-state index in [4.69, 9.17) is 26.1 Å². The molecule has 0 spiro atoms. The highest BCUT2D eigenvalue weighted by Gasteiger charge is 2.30. The summed E-state index contributed by atoms with van der Waals surface area (Å²) in [6.07, 6.45) is 0. The lowest BCUT2D eigenvalue weighted by Gasteiger charge is -2.33. The van der Waals surface area contributed by atoms with Crippen molar-refractivity contribution in [2.24, 2.45) is 0 Å². The Morgan fingerprint density at radius 1 is 1.06 bits per heavy atom. The number of nitrogens with zero attached hydrogens (tertiary/aromatic N) is 3. The number of methoxy groups -OCH3 is 2. The predicted octanol–water partition coefficient (Wildman–Crippen LogP) is 4.13. The zero-order chi connectivity index (χ0) is 22.9. The second-order valence-corrected chi connectivity index (χ2v) is 10.2. The first-order valence-electron chi connectivity index (χ1n) is 9.71. The molecule has 0 unspecified atom stereocenters. The van der Waals surface area contributed by atoms with Gasteiger partial charge >= 0.3 is 0 Å². The monoisotopic (exact) mass is 497 g/mol. The summed E-state index contributed by atoms with van der Waals surface area (Å²) in [5.41, 5.74) is 1.63. The van der Waals surface area contributed by atoms with Crippen molar-refractivity contribution in [1.29, 1.82) is 0 Å². The molecule has 1 aliphatic heterocycles. The molecule has 0 radical (unpaired) electrons. The van der Waals surface area contributed by atoms with Crippen LogP contribution in [0.1, 0.15) is 0 Å². The number of anilines is 1. The van der Waals surface area contributed by atoms with E-state index in [2.05, 4.69) is 0 Å². The Morgan fingerprint density at radius 3 is 2.47 bits per heavy atom. The van der Waals surface area contributed by atoms with Crippen molar-refractivity contribution in [3.63, 3.8) is 0 Å². The highest BCUT2D eigenvalue weighted by molar-refractivity contribution is 7.89. The van der Waals surface area contributed by atoms with E-state index in [1.165, 1.54) is 21.7 Å². The highest BCUT2D eigenvalue weighted by Crippen LogP contribution is 2.36. The minimum absolute atomic E-state index is 0.0134. The number of sulfonamides is 1. The van der Waals surface area contributed by atoms with Crippen LogP contribution in [-0.4, -0.2) is 58.1 Å². The Kier molecular flexibility index (Phi) is 6.57. The Hall–Kier alpha value is -2.40. The van der Waals surface area contributed by atoms with Gasteiger partial charge in [-0.15, -0.1) is 11.3 Å². The third kappa shape index (κ3) is 4.40. The summed E-state index contributed by atoms with van der Waals surface area (Å²) in [6, 6.07) is 9.00. The lowest BCUT2D eigenvalue weighted by Crippen LogP contribution is -2.48. The van der Waals surface area contributed by atoms with Crippen molar-refractivity contribution in [2.45, 2.75) is 4.90 Å². The van der Waals surface area contributed by atoms with Gasteiger partial charge in [0.15, 0.2) is 5.13 Å². The Balaban J connectivity index is 1.48. The standard InChI is InChI=1S/C21H21ClFN3O4S2/c1-29-14-3-5-16(20(11-14)30-2)19-13-31-21(24-19)25-7-9-26(10-8-25)32(27,28)15-4-6-18(23)17(22)12-15/h3-6,11-13H,7-10H2,1-2H3. The van der Waals surface area contributed by atoms with Crippen LogP contribution >= 0.6 is 22.9 Å². The molecular formula is C21H21ClFN3O4S2. The van der Waals surface area contributed by atoms with Gasteiger partial charge in [-0.05, 0) is 30.3 Å². The maximum Gasteiger partial charge on any atom is 0.243 e. The summed E-state index contributed by atoms with van der Waals surface area (Å²) < 4.78 is 51.3. The first kappa shape index (κ1) is 22.8. The van der Waals surface area contributed by atoms with Crippen molar-refractivity contribution in [1.82, 2.24) is 9.29 Å². The van der Waals surface area contributed by atoms with Gasteiger partial charge in [-0.25, -0.2) is 17.8 Å². The quantitative estimate of drug-likeness (QED) is 0.510. The minimum atomic E-state index is -3.75. The summed E-state index contributed by atoms with van der Waals surface area (Å²) in [6.45, 7) is 1.55. The molecule has 7 nitrogen and oxygen atoms in total. The topological polar surface area (TPSA) is 72.0 Å². The summed E-state index contributed by atoms with van der Waals surface area (Å²) in [7, 11) is -0.556. The van der Waals surface area contributed by atoms with E-state index in [0.717, 1.165) is 28.5 Å². The van der Waals surface area contributed by atoms with E-state index in [0.29, 0.717) is 24.6 Å². The van der Waals surface area contributed by atoms with Gasteiger partial charge in [0, 0.05) is 43.2 Å². The van der Waals surface area contributed by atoms with E-state index in [9.17, 15) is 12.8 Å². The fraction of sp³-hybridized carbons (Fsp3) is 0.286. The van der Waals surface area contributed by atoms with E-state index in [-0.39, 0.29) is 23.0 Å². The molecule has 0 N–H and O–H groups in total. The molecule has 1 aromatic heterocycles. The van der Waals surface area contributed by atoms with Gasteiger partial charge in [-0.3, -0.25) is 0 Å². The zero-order valence-electron chi connectivity index (χ0n) is 17.4. The second kappa shape index (κ2) is 9.22. The maximum atomic E-state index is 13.4. The lowest BCUT2D eigenvalue weighted by molar-refractivity contribution is 0.384. The first-order chi connectivity index (χ1) is 15.3. The fourth-order valence-electron chi connectivity index (χ4n) is 3.45. The van der Waals surface area contributed by atoms with Crippen LogP contribution in [0.3, 0.4) is 0 Å². The molecular weight excluding hydrogens is 477 g/mol. The normalized spacial score (nSPS) is 15.1. The summed E-state index contributed by atoms with van der Waals surface area (Å²) in [4.78, 5) is 6.77. The van der Waals surface area contributed by atoms with Gasteiger partial charge in [0.25, 0.3) is 0 Å². The molecule has 0 saturated carbocycles. The lowest BCUT2D eigenvalue weighted by atomic mass is 10.1. The molecule has 4 rings (SSSR count). The van der Waals surface area contributed by atoms with Crippen molar-refractivity contribution in [2.75, 3.05) is 45.3 Å². The molecule has 1 saturated heterocycles. The van der Waals surface area contributed by atoms with Crippen LogP contribution in [-0.2, 0) is 10.0 Å². The average Bonchev–Trinajstić information content (AvgIpc) is 3.30. The van der Waals surface area contributed by atoms with Crippen LogP contribution in [0.2, 0.25) is 5.02 Å². The molecule has 0 bridgehead atoms. The molecule has 0 aliphatic carbocycles. The molecule has 1 aliphatic rings. The van der Waals surface area contributed by atoms with Gasteiger partial charge in [0.2, 0.25) is 10.0 Å². The number of benzene rings is 2. The number of piperazine rings is 1. The number of hydrogen-bond acceptors (Lipinski definition) is 7. The molecule has 170 valence electrons. The van der Waals surface area contributed by atoms with Crippen LogP contribution in [0.5, 0.6) is 11.5 Å². The second-order valence-electron chi connectivity index (χ2n) is 7.05. The third-order valence-corrected chi connectivity index (χ3v) is 8.30. The van der Waals surface area contributed by atoms with E-state index >= 15 is 0 Å².